The predicted molar refractivity (Wildman–Crippen MR) is 146 cm³/mol. The zero-order valence-corrected chi connectivity index (χ0v) is 22.7. The number of carbonyl (C=O) groups is 1. The first kappa shape index (κ1) is 27.1. The molecule has 1 unspecified atom stereocenters. The molecule has 1 amide bonds. The quantitative estimate of drug-likeness (QED) is 0.406. The summed E-state index contributed by atoms with van der Waals surface area (Å²) in [4.78, 5) is 15.3. The molecule has 0 aromatic heterocycles. The van der Waals surface area contributed by atoms with Crippen molar-refractivity contribution in [2.45, 2.75) is 25.4 Å². The Hall–Kier alpha value is -3.91. The lowest BCUT2D eigenvalue weighted by molar-refractivity contribution is -0.123. The van der Waals surface area contributed by atoms with E-state index in [2.05, 4.69) is 10.2 Å². The number of fused-ring (bicyclic) bond motifs is 1. The highest BCUT2D eigenvalue weighted by Crippen LogP contribution is 2.44. The Morgan fingerprint density at radius 2 is 1.53 bits per heavy atom. The Bertz CT molecular complexity index is 1250. The molecule has 3 aromatic rings. The van der Waals surface area contributed by atoms with Gasteiger partial charge in [0.15, 0.2) is 23.0 Å². The Balaban J connectivity index is 1.67. The molecule has 0 spiro atoms. The van der Waals surface area contributed by atoms with E-state index in [1.54, 1.807) is 35.5 Å². The predicted octanol–water partition coefficient (Wildman–Crippen LogP) is 4.19. The summed E-state index contributed by atoms with van der Waals surface area (Å²) in [6.07, 6.45) is 1.39. The van der Waals surface area contributed by atoms with E-state index in [1.165, 1.54) is 5.56 Å². The number of nitrogens with one attached hydrogen (secondary N) is 1. The summed E-state index contributed by atoms with van der Waals surface area (Å²) in [6.45, 7) is 1.48. The zero-order chi connectivity index (χ0) is 27.1. The Labute approximate surface area is 224 Å². The second-order valence-electron chi connectivity index (χ2n) is 9.10. The van der Waals surface area contributed by atoms with Crippen LogP contribution in [0.2, 0.25) is 0 Å². The van der Waals surface area contributed by atoms with Crippen LogP contribution in [0, 0.1) is 0 Å². The van der Waals surface area contributed by atoms with Gasteiger partial charge in [-0.25, -0.2) is 0 Å². The van der Waals surface area contributed by atoms with Crippen LogP contribution in [0.5, 0.6) is 28.7 Å². The molecule has 1 heterocycles. The van der Waals surface area contributed by atoms with Crippen molar-refractivity contribution in [3.8, 4) is 28.7 Å². The molecule has 0 saturated heterocycles. The summed E-state index contributed by atoms with van der Waals surface area (Å²) in [5, 5.41) is 3.06. The summed E-state index contributed by atoms with van der Waals surface area (Å²) in [6, 6.07) is 17.7. The smallest absolute Gasteiger partial charge is 0.234 e. The second kappa shape index (κ2) is 12.6. The molecule has 0 saturated carbocycles. The number of rotatable bonds is 11. The molecule has 1 N–H and O–H groups in total. The van der Waals surface area contributed by atoms with E-state index in [0.29, 0.717) is 41.7 Å². The molecule has 1 aliphatic rings. The average Bonchev–Trinajstić information content (AvgIpc) is 2.96. The minimum Gasteiger partial charge on any atom is -0.493 e. The van der Waals surface area contributed by atoms with Crippen LogP contribution in [-0.2, 0) is 24.2 Å². The van der Waals surface area contributed by atoms with Crippen LogP contribution in [0.25, 0.3) is 0 Å². The fourth-order valence-electron chi connectivity index (χ4n) is 5.08. The normalized spacial score (nSPS) is 14.8. The van der Waals surface area contributed by atoms with Gasteiger partial charge in [-0.3, -0.25) is 9.69 Å². The van der Waals surface area contributed by atoms with Gasteiger partial charge in [0, 0.05) is 24.7 Å². The molecular formula is C30H36N2O6. The van der Waals surface area contributed by atoms with Crippen LogP contribution in [0.15, 0.2) is 54.6 Å². The lowest BCUT2D eigenvalue weighted by Gasteiger charge is -2.38. The molecule has 8 nitrogen and oxygen atoms in total. The maximum atomic E-state index is 13.1. The van der Waals surface area contributed by atoms with Crippen LogP contribution >= 0.6 is 0 Å². The largest absolute Gasteiger partial charge is 0.493 e. The Kier molecular flexibility index (Phi) is 8.97. The highest BCUT2D eigenvalue weighted by molar-refractivity contribution is 5.78. The number of carbonyl (C=O) groups excluding carboxylic acids is 1. The van der Waals surface area contributed by atoms with E-state index in [1.807, 2.05) is 54.6 Å². The van der Waals surface area contributed by atoms with Crippen molar-refractivity contribution in [2.75, 3.05) is 48.6 Å². The highest BCUT2D eigenvalue weighted by atomic mass is 16.5. The van der Waals surface area contributed by atoms with Gasteiger partial charge in [0.05, 0.1) is 42.1 Å². The van der Waals surface area contributed by atoms with E-state index >= 15 is 0 Å². The van der Waals surface area contributed by atoms with Crippen molar-refractivity contribution >= 4 is 5.91 Å². The average molecular weight is 521 g/mol. The third-order valence-corrected chi connectivity index (χ3v) is 6.99. The zero-order valence-electron chi connectivity index (χ0n) is 22.7. The molecule has 0 fully saturated rings. The van der Waals surface area contributed by atoms with E-state index in [9.17, 15) is 4.79 Å². The van der Waals surface area contributed by atoms with E-state index in [-0.39, 0.29) is 18.5 Å². The van der Waals surface area contributed by atoms with Crippen LogP contribution < -0.4 is 29.0 Å². The van der Waals surface area contributed by atoms with Gasteiger partial charge in [0.25, 0.3) is 0 Å². The van der Waals surface area contributed by atoms with Crippen molar-refractivity contribution in [1.29, 1.82) is 0 Å². The van der Waals surface area contributed by atoms with Gasteiger partial charge < -0.3 is 29.0 Å². The van der Waals surface area contributed by atoms with Crippen LogP contribution in [0.1, 0.15) is 28.3 Å². The molecule has 0 bridgehead atoms. The van der Waals surface area contributed by atoms with Crippen molar-refractivity contribution < 1.29 is 28.5 Å². The number of benzene rings is 3. The first-order chi connectivity index (χ1) is 18.5. The van der Waals surface area contributed by atoms with Crippen molar-refractivity contribution in [3.63, 3.8) is 0 Å². The van der Waals surface area contributed by atoms with Crippen molar-refractivity contribution in [3.05, 3.63) is 76.9 Å². The Morgan fingerprint density at radius 3 is 2.18 bits per heavy atom. The molecule has 38 heavy (non-hydrogen) atoms. The summed E-state index contributed by atoms with van der Waals surface area (Å²) in [7, 11) is 8.10. The number of amides is 1. The summed E-state index contributed by atoms with van der Waals surface area (Å²) >= 11 is 0. The summed E-state index contributed by atoms with van der Waals surface area (Å²) in [5.74, 6) is 3.09. The van der Waals surface area contributed by atoms with Crippen LogP contribution in [0.3, 0.4) is 0 Å². The maximum absolute atomic E-state index is 13.1. The van der Waals surface area contributed by atoms with Crippen molar-refractivity contribution in [1.82, 2.24) is 10.2 Å². The third-order valence-electron chi connectivity index (χ3n) is 6.99. The molecule has 0 aliphatic carbocycles. The SMILES string of the molecule is COc1cc2c(cc1OC)C(Cc1ccc(OC)c(OC)c1OC)N(CC(=O)NCc1ccccc1)CC2. The minimum absolute atomic E-state index is 0.0259. The number of methoxy groups -OCH3 is 5. The third kappa shape index (κ3) is 5.81. The molecular weight excluding hydrogens is 484 g/mol. The van der Waals surface area contributed by atoms with Gasteiger partial charge in [0.2, 0.25) is 11.7 Å². The lowest BCUT2D eigenvalue weighted by atomic mass is 9.87. The van der Waals surface area contributed by atoms with E-state index < -0.39 is 0 Å². The fourth-order valence-corrected chi connectivity index (χ4v) is 5.08. The lowest BCUT2D eigenvalue weighted by Crippen LogP contribution is -2.43. The minimum atomic E-state index is -0.104. The van der Waals surface area contributed by atoms with Crippen LogP contribution in [0.4, 0.5) is 0 Å². The number of nitrogens with zero attached hydrogens (tertiary/aromatic N) is 1. The maximum Gasteiger partial charge on any atom is 0.234 e. The molecule has 1 aliphatic heterocycles. The highest BCUT2D eigenvalue weighted by Gasteiger charge is 2.32. The van der Waals surface area contributed by atoms with Gasteiger partial charge in [-0.1, -0.05) is 36.4 Å². The summed E-state index contributed by atoms with van der Waals surface area (Å²) in [5.41, 5.74) is 4.29. The van der Waals surface area contributed by atoms with E-state index in [0.717, 1.165) is 29.7 Å². The van der Waals surface area contributed by atoms with E-state index in [4.69, 9.17) is 23.7 Å². The number of hydrogen-bond acceptors (Lipinski definition) is 7. The molecule has 8 heteroatoms. The van der Waals surface area contributed by atoms with Crippen molar-refractivity contribution in [2.24, 2.45) is 0 Å². The fraction of sp³-hybridized carbons (Fsp3) is 0.367. The standard InChI is InChI=1S/C30H36N2O6/c1-34-25-12-11-22(29(37-4)30(25)38-5)15-24-23-17-27(36-3)26(35-2)16-21(23)13-14-32(24)19-28(33)31-18-20-9-7-6-8-10-20/h6-12,16-17,24H,13-15,18-19H2,1-5H3,(H,31,33). The van der Waals surface area contributed by atoms with Crippen LogP contribution in [-0.4, -0.2) is 59.4 Å². The molecule has 1 atom stereocenters. The molecule has 202 valence electrons. The monoisotopic (exact) mass is 520 g/mol. The number of ether oxygens (including phenoxy) is 5. The first-order valence-electron chi connectivity index (χ1n) is 12.6. The molecule has 4 rings (SSSR count). The first-order valence-corrected chi connectivity index (χ1v) is 12.6. The topological polar surface area (TPSA) is 78.5 Å². The molecule has 0 radical (unpaired) electrons. The van der Waals surface area contributed by atoms with Gasteiger partial charge >= 0.3 is 0 Å². The van der Waals surface area contributed by atoms with Gasteiger partial charge in [-0.05, 0) is 47.7 Å². The van der Waals surface area contributed by atoms with Gasteiger partial charge in [0.1, 0.15) is 0 Å². The summed E-state index contributed by atoms with van der Waals surface area (Å²) < 4.78 is 28.1. The second-order valence-corrected chi connectivity index (χ2v) is 9.10. The molecule has 3 aromatic carbocycles. The number of hydrogen-bond donors (Lipinski definition) is 1. The van der Waals surface area contributed by atoms with Gasteiger partial charge in [-0.2, -0.15) is 0 Å². The Morgan fingerprint density at radius 1 is 0.842 bits per heavy atom. The van der Waals surface area contributed by atoms with Gasteiger partial charge in [-0.15, -0.1) is 0 Å².